The van der Waals surface area contributed by atoms with Gasteiger partial charge in [0, 0.05) is 6.07 Å². The number of fused-ring (bicyclic) bond motifs is 3. The van der Waals surface area contributed by atoms with E-state index in [0.29, 0.717) is 0 Å². The van der Waals surface area contributed by atoms with Crippen LogP contribution >= 0.6 is 0 Å². The molecule has 0 N–H and O–H groups in total. The summed E-state index contributed by atoms with van der Waals surface area (Å²) in [5.74, 6) is 0. The maximum atomic E-state index is 11.1. The fraction of sp³-hybridized carbons (Fsp3) is 0.143. The van der Waals surface area contributed by atoms with Crippen molar-refractivity contribution in [2.75, 3.05) is 0 Å². The van der Waals surface area contributed by atoms with Crippen molar-refractivity contribution < 1.29 is 4.92 Å². The molecular weight excluding hydrogens is 214 g/mol. The fourth-order valence-electron chi connectivity index (χ4n) is 2.51. The molecule has 0 atom stereocenters. The van der Waals surface area contributed by atoms with Gasteiger partial charge in [0.1, 0.15) is 0 Å². The first-order valence-corrected chi connectivity index (χ1v) is 5.62. The van der Waals surface area contributed by atoms with Crippen LogP contribution in [0.3, 0.4) is 0 Å². The molecule has 3 heteroatoms. The molecule has 1 aliphatic rings. The van der Waals surface area contributed by atoms with Crippen LogP contribution in [0.2, 0.25) is 0 Å². The molecule has 84 valence electrons. The molecule has 0 saturated carbocycles. The number of nitro benzene ring substituents is 1. The smallest absolute Gasteiger partial charge is 0.258 e. The minimum absolute atomic E-state index is 0.217. The molecule has 17 heavy (non-hydrogen) atoms. The summed E-state index contributed by atoms with van der Waals surface area (Å²) in [7, 11) is 0. The Hall–Kier alpha value is -2.16. The van der Waals surface area contributed by atoms with Gasteiger partial charge in [0.2, 0.25) is 0 Å². The van der Waals surface area contributed by atoms with E-state index in [4.69, 9.17) is 0 Å². The van der Waals surface area contributed by atoms with Gasteiger partial charge >= 0.3 is 0 Å². The second-order valence-electron chi connectivity index (χ2n) is 4.23. The van der Waals surface area contributed by atoms with Crippen molar-refractivity contribution in [1.29, 1.82) is 0 Å². The van der Waals surface area contributed by atoms with Crippen molar-refractivity contribution in [1.82, 2.24) is 0 Å². The van der Waals surface area contributed by atoms with Crippen molar-refractivity contribution in [3.8, 4) is 11.1 Å². The molecule has 0 saturated heterocycles. The second-order valence-corrected chi connectivity index (χ2v) is 4.23. The van der Waals surface area contributed by atoms with Crippen LogP contribution in [0.4, 0.5) is 5.69 Å². The largest absolute Gasteiger partial charge is 0.277 e. The van der Waals surface area contributed by atoms with E-state index in [1.807, 2.05) is 24.3 Å². The zero-order valence-electron chi connectivity index (χ0n) is 9.22. The maximum Gasteiger partial charge on any atom is 0.277 e. The van der Waals surface area contributed by atoms with E-state index >= 15 is 0 Å². The Kier molecular flexibility index (Phi) is 2.18. The first-order chi connectivity index (χ1) is 8.27. The average Bonchev–Trinajstić information content (AvgIpc) is 2.37. The Morgan fingerprint density at radius 1 is 0.941 bits per heavy atom. The fourth-order valence-corrected chi connectivity index (χ4v) is 2.51. The quantitative estimate of drug-likeness (QED) is 0.551. The van der Waals surface area contributed by atoms with Crippen LogP contribution in [-0.2, 0) is 12.8 Å². The highest BCUT2D eigenvalue weighted by atomic mass is 16.6. The van der Waals surface area contributed by atoms with Gasteiger partial charge < -0.3 is 0 Å². The molecule has 3 rings (SSSR count). The Labute approximate surface area is 98.9 Å². The van der Waals surface area contributed by atoms with Crippen LogP contribution in [0.5, 0.6) is 0 Å². The van der Waals surface area contributed by atoms with Crippen LogP contribution in [0.15, 0.2) is 42.5 Å². The van der Waals surface area contributed by atoms with E-state index in [2.05, 4.69) is 6.07 Å². The third-order valence-electron chi connectivity index (χ3n) is 3.28. The maximum absolute atomic E-state index is 11.1. The number of hydrogen-bond donors (Lipinski definition) is 0. The number of aryl methyl sites for hydroxylation is 2. The molecule has 0 amide bonds. The third kappa shape index (κ3) is 1.51. The van der Waals surface area contributed by atoms with Crippen molar-refractivity contribution in [2.24, 2.45) is 0 Å². The SMILES string of the molecule is O=[N+]([O-])c1cccc2c1-c1ccccc1CC2. The second kappa shape index (κ2) is 3.70. The molecule has 0 heterocycles. The van der Waals surface area contributed by atoms with Crippen LogP contribution < -0.4 is 0 Å². The van der Waals surface area contributed by atoms with Gasteiger partial charge in [0.25, 0.3) is 5.69 Å². The zero-order chi connectivity index (χ0) is 11.8. The third-order valence-corrected chi connectivity index (χ3v) is 3.28. The normalized spacial score (nSPS) is 12.7. The Bertz CT molecular complexity index is 605. The molecule has 2 aromatic rings. The predicted octanol–water partition coefficient (Wildman–Crippen LogP) is 3.36. The Balaban J connectivity index is 2.33. The van der Waals surface area contributed by atoms with E-state index < -0.39 is 0 Å². The van der Waals surface area contributed by atoms with Gasteiger partial charge in [0.05, 0.1) is 10.5 Å². The van der Waals surface area contributed by atoms with Gasteiger partial charge in [-0.25, -0.2) is 0 Å². The van der Waals surface area contributed by atoms with Crippen LogP contribution in [-0.4, -0.2) is 4.92 Å². The van der Waals surface area contributed by atoms with Crippen LogP contribution in [0, 0.1) is 10.1 Å². The molecule has 0 aliphatic heterocycles. The highest BCUT2D eigenvalue weighted by molar-refractivity contribution is 5.80. The molecule has 1 aliphatic carbocycles. The van der Waals surface area contributed by atoms with E-state index in [0.717, 1.165) is 29.5 Å². The summed E-state index contributed by atoms with van der Waals surface area (Å²) < 4.78 is 0. The molecule has 0 fully saturated rings. The van der Waals surface area contributed by atoms with E-state index in [1.165, 1.54) is 5.56 Å². The highest BCUT2D eigenvalue weighted by Crippen LogP contribution is 2.39. The summed E-state index contributed by atoms with van der Waals surface area (Å²) in [5.41, 5.74) is 4.32. The molecule has 0 unspecified atom stereocenters. The highest BCUT2D eigenvalue weighted by Gasteiger charge is 2.23. The minimum Gasteiger partial charge on any atom is -0.258 e. The monoisotopic (exact) mass is 225 g/mol. The summed E-state index contributed by atoms with van der Waals surface area (Å²) in [6, 6.07) is 13.3. The summed E-state index contributed by atoms with van der Waals surface area (Å²) in [4.78, 5) is 10.8. The van der Waals surface area contributed by atoms with E-state index in [-0.39, 0.29) is 10.6 Å². The lowest BCUT2D eigenvalue weighted by atomic mass is 9.85. The molecule has 3 nitrogen and oxygen atoms in total. The van der Waals surface area contributed by atoms with Gasteiger partial charge in [0.15, 0.2) is 0 Å². The first-order valence-electron chi connectivity index (χ1n) is 5.62. The van der Waals surface area contributed by atoms with Crippen LogP contribution in [0.25, 0.3) is 11.1 Å². The van der Waals surface area contributed by atoms with Gasteiger partial charge in [-0.1, -0.05) is 36.4 Å². The predicted molar refractivity (Wildman–Crippen MR) is 65.9 cm³/mol. The van der Waals surface area contributed by atoms with Gasteiger partial charge in [-0.3, -0.25) is 10.1 Å². The number of nitrogens with zero attached hydrogens (tertiary/aromatic N) is 1. The minimum atomic E-state index is -0.291. The lowest BCUT2D eigenvalue weighted by Crippen LogP contribution is -2.06. The number of benzene rings is 2. The number of rotatable bonds is 1. The Morgan fingerprint density at radius 2 is 1.65 bits per heavy atom. The summed E-state index contributed by atoms with van der Waals surface area (Å²) in [6.45, 7) is 0. The lowest BCUT2D eigenvalue weighted by molar-refractivity contribution is -0.384. The summed E-state index contributed by atoms with van der Waals surface area (Å²) in [5, 5.41) is 11.1. The molecular formula is C14H11NO2. The molecule has 0 bridgehead atoms. The standard InChI is InChI=1S/C14H11NO2/c16-15(17)13-7-3-5-11-9-8-10-4-1-2-6-12(10)14(11)13/h1-7H,8-9H2. The van der Waals surface area contributed by atoms with E-state index in [1.54, 1.807) is 12.1 Å². The Morgan fingerprint density at radius 3 is 2.47 bits per heavy atom. The first kappa shape index (κ1) is 10.0. The van der Waals surface area contributed by atoms with Gasteiger partial charge in [-0.05, 0) is 29.5 Å². The summed E-state index contributed by atoms with van der Waals surface area (Å²) >= 11 is 0. The van der Waals surface area contributed by atoms with Gasteiger partial charge in [-0.2, -0.15) is 0 Å². The summed E-state index contributed by atoms with van der Waals surface area (Å²) in [6.07, 6.45) is 1.85. The molecule has 0 spiro atoms. The molecule has 0 aromatic heterocycles. The zero-order valence-corrected chi connectivity index (χ0v) is 9.22. The van der Waals surface area contributed by atoms with Crippen LogP contribution in [0.1, 0.15) is 11.1 Å². The topological polar surface area (TPSA) is 43.1 Å². The van der Waals surface area contributed by atoms with Gasteiger partial charge in [-0.15, -0.1) is 0 Å². The number of nitro groups is 1. The van der Waals surface area contributed by atoms with E-state index in [9.17, 15) is 10.1 Å². The number of hydrogen-bond acceptors (Lipinski definition) is 2. The van der Waals surface area contributed by atoms with Crippen molar-refractivity contribution in [2.45, 2.75) is 12.8 Å². The van der Waals surface area contributed by atoms with Crippen molar-refractivity contribution >= 4 is 5.69 Å². The van der Waals surface area contributed by atoms with Crippen molar-refractivity contribution in [3.63, 3.8) is 0 Å². The van der Waals surface area contributed by atoms with Crippen molar-refractivity contribution in [3.05, 3.63) is 63.7 Å². The molecule has 0 radical (unpaired) electrons. The molecule has 2 aromatic carbocycles. The lowest BCUT2D eigenvalue weighted by Gasteiger charge is -2.19. The average molecular weight is 225 g/mol.